The lowest BCUT2D eigenvalue weighted by Gasteiger charge is -2.21. The van der Waals surface area contributed by atoms with E-state index in [0.29, 0.717) is 0 Å². The predicted octanol–water partition coefficient (Wildman–Crippen LogP) is 4.10. The Morgan fingerprint density at radius 2 is 2.00 bits per heavy atom. The molecule has 1 aromatic heterocycles. The van der Waals surface area contributed by atoms with Crippen LogP contribution in [-0.2, 0) is 13.0 Å². The van der Waals surface area contributed by atoms with Crippen LogP contribution in [0.15, 0.2) is 12.1 Å². The number of nitrogens with zero attached hydrogens (tertiary/aromatic N) is 1. The summed E-state index contributed by atoms with van der Waals surface area (Å²) < 4.78 is 6.01. The molecule has 1 N–H and O–H groups in total. The van der Waals surface area contributed by atoms with E-state index in [2.05, 4.69) is 36.3 Å². The summed E-state index contributed by atoms with van der Waals surface area (Å²) in [5.74, 6) is 1.55. The lowest BCUT2D eigenvalue weighted by molar-refractivity contribution is 0.202. The number of nitrogens with one attached hydrogen (secondary N) is 1. The normalized spacial score (nSPS) is 16.1. The quantitative estimate of drug-likeness (QED) is 0.782. The Hall–Kier alpha value is -1.09. The fourth-order valence-electron chi connectivity index (χ4n) is 3.01. The van der Waals surface area contributed by atoms with Crippen LogP contribution < -0.4 is 10.1 Å². The zero-order chi connectivity index (χ0) is 14.9. The molecule has 1 fully saturated rings. The van der Waals surface area contributed by atoms with Gasteiger partial charge in [0.2, 0.25) is 5.88 Å². The first-order valence-corrected chi connectivity index (χ1v) is 8.65. The van der Waals surface area contributed by atoms with E-state index in [0.717, 1.165) is 50.0 Å². The van der Waals surface area contributed by atoms with Crippen LogP contribution in [-0.4, -0.2) is 18.1 Å². The Morgan fingerprint density at radius 3 is 2.71 bits per heavy atom. The minimum absolute atomic E-state index is 0.729. The molecule has 0 aromatic carbocycles. The van der Waals surface area contributed by atoms with E-state index >= 15 is 0 Å². The zero-order valence-electron chi connectivity index (χ0n) is 13.7. The highest BCUT2D eigenvalue weighted by Gasteiger charge is 2.14. The monoisotopic (exact) mass is 290 g/mol. The van der Waals surface area contributed by atoms with Gasteiger partial charge in [0.05, 0.1) is 6.61 Å². The van der Waals surface area contributed by atoms with E-state index in [4.69, 9.17) is 4.74 Å². The van der Waals surface area contributed by atoms with Gasteiger partial charge < -0.3 is 10.1 Å². The molecule has 0 aliphatic heterocycles. The molecule has 3 heteroatoms. The van der Waals surface area contributed by atoms with Gasteiger partial charge in [-0.05, 0) is 43.4 Å². The fraction of sp³-hybridized carbons (Fsp3) is 0.722. The lowest BCUT2D eigenvalue weighted by atomic mass is 9.90. The molecule has 1 heterocycles. The minimum atomic E-state index is 0.729. The second kappa shape index (κ2) is 9.04. The van der Waals surface area contributed by atoms with Crippen LogP contribution in [0.25, 0.3) is 0 Å². The van der Waals surface area contributed by atoms with Crippen molar-refractivity contribution in [1.82, 2.24) is 10.3 Å². The summed E-state index contributed by atoms with van der Waals surface area (Å²) in [7, 11) is 0. The highest BCUT2D eigenvalue weighted by molar-refractivity contribution is 5.25. The molecule has 3 nitrogen and oxygen atoms in total. The molecule has 0 atom stereocenters. The Kier molecular flexibility index (Phi) is 7.01. The number of pyridine rings is 1. The number of aryl methyl sites for hydroxylation is 1. The summed E-state index contributed by atoms with van der Waals surface area (Å²) in [6.07, 6.45) is 8.91. The molecule has 1 aliphatic rings. The third-order valence-corrected chi connectivity index (χ3v) is 4.19. The average Bonchev–Trinajstić information content (AvgIpc) is 2.52. The summed E-state index contributed by atoms with van der Waals surface area (Å²) in [6, 6.07) is 4.31. The standard InChI is InChI=1S/C18H30N2O/c1-3-8-17-11-16(13-19-4-2)12-18(20-17)21-14-15-9-6-5-7-10-15/h11-12,15,19H,3-10,13-14H2,1-2H3. The van der Waals surface area contributed by atoms with Crippen LogP contribution in [0.3, 0.4) is 0 Å². The first kappa shape index (κ1) is 16.3. The van der Waals surface area contributed by atoms with Gasteiger partial charge in [-0.15, -0.1) is 0 Å². The molecule has 1 aliphatic carbocycles. The third kappa shape index (κ3) is 5.66. The maximum Gasteiger partial charge on any atom is 0.213 e. The Morgan fingerprint density at radius 1 is 1.19 bits per heavy atom. The molecule has 1 saturated carbocycles. The summed E-state index contributed by atoms with van der Waals surface area (Å²) >= 11 is 0. The number of hydrogen-bond acceptors (Lipinski definition) is 3. The minimum Gasteiger partial charge on any atom is -0.477 e. The number of hydrogen-bond donors (Lipinski definition) is 1. The van der Waals surface area contributed by atoms with Crippen molar-refractivity contribution in [3.63, 3.8) is 0 Å². The summed E-state index contributed by atoms with van der Waals surface area (Å²) in [4.78, 5) is 4.67. The molecule has 0 amide bonds. The lowest BCUT2D eigenvalue weighted by Crippen LogP contribution is -2.16. The van der Waals surface area contributed by atoms with Gasteiger partial charge >= 0.3 is 0 Å². The summed E-state index contributed by atoms with van der Waals surface area (Å²) in [5, 5.41) is 3.38. The maximum atomic E-state index is 6.01. The molecule has 0 spiro atoms. The van der Waals surface area contributed by atoms with E-state index in [1.165, 1.54) is 37.7 Å². The van der Waals surface area contributed by atoms with Crippen LogP contribution in [0, 0.1) is 5.92 Å². The van der Waals surface area contributed by atoms with E-state index in [1.807, 2.05) is 0 Å². The van der Waals surface area contributed by atoms with Crippen LogP contribution in [0.5, 0.6) is 5.88 Å². The van der Waals surface area contributed by atoms with Crippen molar-refractivity contribution >= 4 is 0 Å². The van der Waals surface area contributed by atoms with Gasteiger partial charge in [0, 0.05) is 18.3 Å². The van der Waals surface area contributed by atoms with Crippen molar-refractivity contribution in [1.29, 1.82) is 0 Å². The smallest absolute Gasteiger partial charge is 0.213 e. The van der Waals surface area contributed by atoms with E-state index < -0.39 is 0 Å². The molecule has 1 aromatic rings. The van der Waals surface area contributed by atoms with Crippen molar-refractivity contribution in [3.05, 3.63) is 23.4 Å². The second-order valence-electron chi connectivity index (χ2n) is 6.15. The molecule has 0 radical (unpaired) electrons. The van der Waals surface area contributed by atoms with E-state index in [-0.39, 0.29) is 0 Å². The van der Waals surface area contributed by atoms with Gasteiger partial charge in [-0.3, -0.25) is 0 Å². The molecule has 0 bridgehead atoms. The third-order valence-electron chi connectivity index (χ3n) is 4.19. The van der Waals surface area contributed by atoms with Gasteiger partial charge in [0.15, 0.2) is 0 Å². The number of rotatable bonds is 8. The Bertz CT molecular complexity index is 414. The first-order valence-electron chi connectivity index (χ1n) is 8.65. The zero-order valence-corrected chi connectivity index (χ0v) is 13.7. The molecular weight excluding hydrogens is 260 g/mol. The fourth-order valence-corrected chi connectivity index (χ4v) is 3.01. The molecule has 0 unspecified atom stereocenters. The van der Waals surface area contributed by atoms with Gasteiger partial charge in [-0.1, -0.05) is 39.5 Å². The Balaban J connectivity index is 1.96. The summed E-state index contributed by atoms with van der Waals surface area (Å²) in [6.45, 7) is 7.05. The SMILES string of the molecule is CCCc1cc(CNCC)cc(OCC2CCCCC2)n1. The van der Waals surface area contributed by atoms with Crippen molar-refractivity contribution in [3.8, 4) is 5.88 Å². The molecule has 2 rings (SSSR count). The number of ether oxygens (including phenoxy) is 1. The average molecular weight is 290 g/mol. The number of aromatic nitrogens is 1. The topological polar surface area (TPSA) is 34.1 Å². The molecular formula is C18H30N2O. The van der Waals surface area contributed by atoms with Crippen molar-refractivity contribution in [2.45, 2.75) is 65.3 Å². The molecule has 0 saturated heterocycles. The van der Waals surface area contributed by atoms with Crippen LogP contribution in [0.2, 0.25) is 0 Å². The van der Waals surface area contributed by atoms with Crippen molar-refractivity contribution < 1.29 is 4.74 Å². The summed E-state index contributed by atoms with van der Waals surface area (Å²) in [5.41, 5.74) is 2.44. The van der Waals surface area contributed by atoms with E-state index in [9.17, 15) is 0 Å². The largest absolute Gasteiger partial charge is 0.477 e. The second-order valence-corrected chi connectivity index (χ2v) is 6.15. The Labute approximate surface area is 129 Å². The van der Waals surface area contributed by atoms with Gasteiger partial charge in [0.1, 0.15) is 0 Å². The van der Waals surface area contributed by atoms with Gasteiger partial charge in [-0.25, -0.2) is 4.98 Å². The maximum absolute atomic E-state index is 6.01. The van der Waals surface area contributed by atoms with Gasteiger partial charge in [0.25, 0.3) is 0 Å². The van der Waals surface area contributed by atoms with Crippen LogP contribution in [0.4, 0.5) is 0 Å². The first-order chi connectivity index (χ1) is 10.3. The van der Waals surface area contributed by atoms with Gasteiger partial charge in [-0.2, -0.15) is 0 Å². The molecule has 118 valence electrons. The van der Waals surface area contributed by atoms with Crippen molar-refractivity contribution in [2.24, 2.45) is 5.92 Å². The van der Waals surface area contributed by atoms with Crippen LogP contribution >= 0.6 is 0 Å². The molecule has 21 heavy (non-hydrogen) atoms. The van der Waals surface area contributed by atoms with Crippen LogP contribution in [0.1, 0.15) is 63.6 Å². The predicted molar refractivity (Wildman–Crippen MR) is 87.7 cm³/mol. The highest BCUT2D eigenvalue weighted by atomic mass is 16.5. The van der Waals surface area contributed by atoms with Crippen molar-refractivity contribution in [2.75, 3.05) is 13.2 Å². The highest BCUT2D eigenvalue weighted by Crippen LogP contribution is 2.24. The van der Waals surface area contributed by atoms with E-state index in [1.54, 1.807) is 0 Å².